The number of benzene rings is 1. The molecule has 0 spiro atoms. The van der Waals surface area contributed by atoms with Gasteiger partial charge < -0.3 is 50.0 Å². The van der Waals surface area contributed by atoms with Crippen molar-refractivity contribution in [2.45, 2.75) is 161 Å². The predicted molar refractivity (Wildman–Crippen MR) is 215 cm³/mol. The molecule has 1 saturated heterocycles. The summed E-state index contributed by atoms with van der Waals surface area (Å²) >= 11 is 0. The van der Waals surface area contributed by atoms with Gasteiger partial charge in [-0.2, -0.15) is 0 Å². The summed E-state index contributed by atoms with van der Waals surface area (Å²) in [6.07, 6.45) is 5.22. The Morgan fingerprint density at radius 3 is 2.24 bits per heavy atom. The number of hydrogen-bond donors (Lipinski definition) is 7. The zero-order chi connectivity index (χ0) is 41.5. The van der Waals surface area contributed by atoms with E-state index >= 15 is 0 Å². The standard InChI is InChI=1S/C47H70O11/c1-42(26-48)21-31-30-15-16-35-45(4,44(30,3)19-20-46(31,41(54)55)36(51)23-42)18-17-34-43(2,27-49)39(58-40-38(53)37(52)32(50)25-57-40)33(56-24-28-11-7-5-8-12-28)22-47(34,35)29-13-9-6-10-14-29/h5,7-8,11-12,15,29,31-40,48-53H,6,9-10,13-14,16-27H2,1-4H3,(H,54,55)/t31-,32+,33+,34+,35-,36-,37-,38+,39+,40-,42+,43-,44+,45+,46-,47+/m0/s1. The topological polar surface area (TPSA) is 186 Å². The molecule has 6 aliphatic carbocycles. The maximum atomic E-state index is 13.4. The molecular weight excluding hydrogens is 741 g/mol. The molecular formula is C47H70O11. The number of carboxylic acids is 1. The number of rotatable bonds is 9. The summed E-state index contributed by atoms with van der Waals surface area (Å²) in [6.45, 7) is 8.77. The van der Waals surface area contributed by atoms with Gasteiger partial charge in [0.1, 0.15) is 23.7 Å². The molecule has 11 nitrogen and oxygen atoms in total. The lowest BCUT2D eigenvalue weighted by atomic mass is 9.31. The second-order valence-electron chi connectivity index (χ2n) is 21.0. The molecule has 1 aromatic carbocycles. The summed E-state index contributed by atoms with van der Waals surface area (Å²) in [7, 11) is 0. The lowest BCUT2D eigenvalue weighted by Gasteiger charge is -2.74. The Kier molecular flexibility index (Phi) is 11.4. The summed E-state index contributed by atoms with van der Waals surface area (Å²) in [5.74, 6) is -0.789. The molecule has 0 amide bonds. The Bertz CT molecular complexity index is 1680. The Balaban J connectivity index is 1.25. The number of aliphatic hydroxyl groups excluding tert-OH is 6. The van der Waals surface area contributed by atoms with E-state index in [2.05, 4.69) is 26.8 Å². The molecule has 324 valence electrons. The van der Waals surface area contributed by atoms with Gasteiger partial charge in [0.2, 0.25) is 0 Å². The van der Waals surface area contributed by atoms with E-state index in [0.29, 0.717) is 38.2 Å². The highest BCUT2D eigenvalue weighted by atomic mass is 16.7. The van der Waals surface area contributed by atoms with Crippen molar-refractivity contribution in [2.24, 2.45) is 56.2 Å². The minimum atomic E-state index is -1.49. The normalized spacial score (nSPS) is 49.4. The Morgan fingerprint density at radius 2 is 1.57 bits per heavy atom. The maximum Gasteiger partial charge on any atom is 0.312 e. The van der Waals surface area contributed by atoms with Gasteiger partial charge in [0, 0.05) is 12.0 Å². The molecule has 0 aromatic heterocycles. The first-order chi connectivity index (χ1) is 27.5. The van der Waals surface area contributed by atoms with Crippen LogP contribution in [0.1, 0.15) is 117 Å². The summed E-state index contributed by atoms with van der Waals surface area (Å²) < 4.78 is 19.7. The number of ether oxygens (including phenoxy) is 3. The number of aliphatic hydroxyl groups is 6. The van der Waals surface area contributed by atoms with Gasteiger partial charge >= 0.3 is 5.97 Å². The van der Waals surface area contributed by atoms with Crippen LogP contribution in [0.2, 0.25) is 0 Å². The minimum Gasteiger partial charge on any atom is -0.481 e. The van der Waals surface area contributed by atoms with E-state index in [4.69, 9.17) is 14.2 Å². The van der Waals surface area contributed by atoms with Crippen LogP contribution in [0.5, 0.6) is 0 Å². The highest BCUT2D eigenvalue weighted by molar-refractivity contribution is 5.77. The number of fused-ring (bicyclic) bond motifs is 7. The quantitative estimate of drug-likeness (QED) is 0.126. The van der Waals surface area contributed by atoms with E-state index in [1.165, 1.54) is 6.42 Å². The molecule has 7 N–H and O–H groups in total. The van der Waals surface area contributed by atoms with Crippen molar-refractivity contribution in [3.8, 4) is 0 Å². The van der Waals surface area contributed by atoms with Gasteiger partial charge in [0.05, 0.1) is 38.1 Å². The predicted octanol–water partition coefficient (Wildman–Crippen LogP) is 5.37. The van der Waals surface area contributed by atoms with Gasteiger partial charge in [-0.25, -0.2) is 0 Å². The second-order valence-corrected chi connectivity index (χ2v) is 21.0. The number of allylic oxidation sites excluding steroid dienone is 2. The zero-order valence-corrected chi connectivity index (χ0v) is 35.1. The lowest BCUT2D eigenvalue weighted by molar-refractivity contribution is -0.339. The third-order valence-corrected chi connectivity index (χ3v) is 18.4. The van der Waals surface area contributed by atoms with E-state index in [9.17, 15) is 40.5 Å². The summed E-state index contributed by atoms with van der Waals surface area (Å²) in [4.78, 5) is 13.4. The highest BCUT2D eigenvalue weighted by Crippen LogP contribution is 2.78. The third kappa shape index (κ3) is 6.25. The van der Waals surface area contributed by atoms with Crippen molar-refractivity contribution in [3.05, 3.63) is 47.5 Å². The fraction of sp³-hybridized carbons (Fsp3) is 0.809. The van der Waals surface area contributed by atoms with Crippen molar-refractivity contribution < 1.29 is 54.8 Å². The Morgan fingerprint density at radius 1 is 0.845 bits per heavy atom. The van der Waals surface area contributed by atoms with Gasteiger partial charge in [0.25, 0.3) is 0 Å². The lowest BCUT2D eigenvalue weighted by Crippen LogP contribution is -2.72. The molecule has 8 rings (SSSR count). The number of aliphatic carboxylic acids is 1. The molecule has 1 aromatic rings. The fourth-order valence-electron chi connectivity index (χ4n) is 15.1. The molecule has 0 bridgehead atoms. The third-order valence-electron chi connectivity index (χ3n) is 18.4. The first kappa shape index (κ1) is 42.7. The molecule has 7 aliphatic rings. The molecule has 5 saturated carbocycles. The van der Waals surface area contributed by atoms with Crippen LogP contribution in [0.3, 0.4) is 0 Å². The van der Waals surface area contributed by atoms with Crippen LogP contribution < -0.4 is 0 Å². The van der Waals surface area contributed by atoms with E-state index in [0.717, 1.165) is 56.1 Å². The zero-order valence-electron chi connectivity index (χ0n) is 35.1. The molecule has 11 heteroatoms. The first-order valence-electron chi connectivity index (χ1n) is 22.4. The van der Waals surface area contributed by atoms with Crippen LogP contribution in [-0.2, 0) is 25.6 Å². The first-order valence-corrected chi connectivity index (χ1v) is 22.4. The largest absolute Gasteiger partial charge is 0.481 e. The molecule has 0 radical (unpaired) electrons. The number of carboxylic acid groups (broad SMARTS) is 1. The Labute approximate surface area is 344 Å². The van der Waals surface area contributed by atoms with Crippen LogP contribution in [-0.4, -0.2) is 104 Å². The average molecular weight is 811 g/mol. The minimum absolute atomic E-state index is 0.0124. The van der Waals surface area contributed by atoms with E-state index < -0.39 is 71.0 Å². The second kappa shape index (κ2) is 15.5. The van der Waals surface area contributed by atoms with Gasteiger partial charge in [-0.15, -0.1) is 0 Å². The average Bonchev–Trinajstić information content (AvgIpc) is 3.21. The fourth-order valence-corrected chi connectivity index (χ4v) is 15.1. The monoisotopic (exact) mass is 810 g/mol. The van der Waals surface area contributed by atoms with Crippen LogP contribution in [0.15, 0.2) is 42.0 Å². The molecule has 6 fully saturated rings. The summed E-state index contributed by atoms with van der Waals surface area (Å²) in [5.41, 5.74) is -1.45. The van der Waals surface area contributed by atoms with E-state index in [1.54, 1.807) is 0 Å². The maximum absolute atomic E-state index is 13.4. The van der Waals surface area contributed by atoms with Gasteiger partial charge in [0.15, 0.2) is 6.29 Å². The van der Waals surface area contributed by atoms with Crippen LogP contribution >= 0.6 is 0 Å². The number of carbonyl (C=O) groups is 1. The van der Waals surface area contributed by atoms with Crippen molar-refractivity contribution in [3.63, 3.8) is 0 Å². The molecule has 1 heterocycles. The molecule has 1 aliphatic heterocycles. The molecule has 58 heavy (non-hydrogen) atoms. The summed E-state index contributed by atoms with van der Waals surface area (Å²) in [5, 5.41) is 77.3. The molecule has 0 unspecified atom stereocenters. The highest BCUT2D eigenvalue weighted by Gasteiger charge is 2.74. The van der Waals surface area contributed by atoms with E-state index in [-0.39, 0.29) is 54.3 Å². The van der Waals surface area contributed by atoms with Crippen molar-refractivity contribution in [1.29, 1.82) is 0 Å². The van der Waals surface area contributed by atoms with Gasteiger partial charge in [-0.3, -0.25) is 4.79 Å². The van der Waals surface area contributed by atoms with Crippen LogP contribution in [0.25, 0.3) is 0 Å². The van der Waals surface area contributed by atoms with Crippen molar-refractivity contribution in [1.82, 2.24) is 0 Å². The van der Waals surface area contributed by atoms with Crippen molar-refractivity contribution in [2.75, 3.05) is 19.8 Å². The van der Waals surface area contributed by atoms with Gasteiger partial charge in [-0.05, 0) is 115 Å². The van der Waals surface area contributed by atoms with Crippen LogP contribution in [0.4, 0.5) is 0 Å². The number of hydrogen-bond acceptors (Lipinski definition) is 10. The summed E-state index contributed by atoms with van der Waals surface area (Å²) in [6, 6.07) is 10.0. The molecule has 16 atom stereocenters. The SMILES string of the molecule is C[C@]1(CO)C[C@H](O)[C@]2(C(=O)O)CC[C@]3(C)C(=CC[C@@H]4[C@@]5(C6CCCCC6)C[C@@H](OCc6ccccc6)[C@@H](O[C@@H]6OC[C@@H](O)[C@H](O)[C@H]6O)[C@@](C)(CO)[C@H]5CC[C@]43C)[C@@H]2C1. The van der Waals surface area contributed by atoms with Crippen molar-refractivity contribution >= 4 is 5.97 Å². The van der Waals surface area contributed by atoms with E-state index in [1.807, 2.05) is 37.3 Å². The van der Waals surface area contributed by atoms with Crippen LogP contribution in [0, 0.1) is 56.2 Å². The smallest absolute Gasteiger partial charge is 0.312 e. The van der Waals surface area contributed by atoms with Gasteiger partial charge in [-0.1, -0.05) is 88.9 Å². The Hall–Kier alpha value is -1.93.